The van der Waals surface area contributed by atoms with Crippen LogP contribution in [0.5, 0.6) is 0 Å². The van der Waals surface area contributed by atoms with Gasteiger partial charge in [-0.15, -0.1) is 0 Å². The Morgan fingerprint density at radius 1 is 1.39 bits per heavy atom. The number of nitrogens with one attached hydrogen (secondary N) is 2. The molecule has 1 amide bonds. The standard InChI is InChI=1S/C18H37N3O2/c1-7-8-9-16(13-19-17(22)23-18(3,4)5)20-15-10-11-21(6)14(2)12-15/h14-16,20H,7-13H2,1-6H3,(H,19,22). The van der Waals surface area contributed by atoms with Gasteiger partial charge >= 0.3 is 6.09 Å². The molecule has 1 saturated heterocycles. The Hall–Kier alpha value is -0.810. The first kappa shape index (κ1) is 20.2. The zero-order valence-corrected chi connectivity index (χ0v) is 15.9. The minimum Gasteiger partial charge on any atom is -0.444 e. The highest BCUT2D eigenvalue weighted by atomic mass is 16.6. The molecule has 1 fully saturated rings. The fraction of sp³-hybridized carbons (Fsp3) is 0.944. The summed E-state index contributed by atoms with van der Waals surface area (Å²) in [6.07, 6.45) is 5.47. The van der Waals surface area contributed by atoms with Crippen molar-refractivity contribution >= 4 is 6.09 Å². The molecule has 3 unspecified atom stereocenters. The fourth-order valence-electron chi connectivity index (χ4n) is 2.99. The summed E-state index contributed by atoms with van der Waals surface area (Å²) < 4.78 is 5.33. The Bertz CT molecular complexity index is 355. The molecular weight excluding hydrogens is 290 g/mol. The van der Waals surface area contributed by atoms with Crippen LogP contribution in [0.1, 0.15) is 66.7 Å². The van der Waals surface area contributed by atoms with E-state index in [1.165, 1.54) is 25.7 Å². The van der Waals surface area contributed by atoms with Crippen molar-refractivity contribution in [2.75, 3.05) is 20.1 Å². The highest BCUT2D eigenvalue weighted by Crippen LogP contribution is 2.16. The van der Waals surface area contributed by atoms with Gasteiger partial charge in [0.2, 0.25) is 0 Å². The average Bonchev–Trinajstić information content (AvgIpc) is 2.44. The lowest BCUT2D eigenvalue weighted by atomic mass is 9.97. The lowest BCUT2D eigenvalue weighted by Gasteiger charge is -2.37. The summed E-state index contributed by atoms with van der Waals surface area (Å²) in [7, 11) is 2.19. The molecular formula is C18H37N3O2. The number of hydrogen-bond donors (Lipinski definition) is 2. The molecule has 23 heavy (non-hydrogen) atoms. The van der Waals surface area contributed by atoms with E-state index in [2.05, 4.69) is 36.4 Å². The first-order valence-electron chi connectivity index (χ1n) is 9.14. The maximum Gasteiger partial charge on any atom is 0.407 e. The monoisotopic (exact) mass is 327 g/mol. The summed E-state index contributed by atoms with van der Waals surface area (Å²) >= 11 is 0. The van der Waals surface area contributed by atoms with E-state index in [0.717, 1.165) is 13.0 Å². The highest BCUT2D eigenvalue weighted by Gasteiger charge is 2.25. The van der Waals surface area contributed by atoms with E-state index in [1.54, 1.807) is 0 Å². The fourth-order valence-corrected chi connectivity index (χ4v) is 2.99. The van der Waals surface area contributed by atoms with E-state index in [4.69, 9.17) is 4.74 Å². The minimum atomic E-state index is -0.445. The van der Waals surface area contributed by atoms with Crippen LogP contribution in [0.3, 0.4) is 0 Å². The molecule has 5 heteroatoms. The Morgan fingerprint density at radius 3 is 2.65 bits per heavy atom. The van der Waals surface area contributed by atoms with Crippen LogP contribution in [0.25, 0.3) is 0 Å². The van der Waals surface area contributed by atoms with E-state index < -0.39 is 5.60 Å². The van der Waals surface area contributed by atoms with E-state index in [1.807, 2.05) is 20.8 Å². The molecule has 1 heterocycles. The van der Waals surface area contributed by atoms with Gasteiger partial charge in [0.05, 0.1) is 0 Å². The van der Waals surface area contributed by atoms with Crippen LogP contribution >= 0.6 is 0 Å². The third kappa shape index (κ3) is 8.56. The Labute approximate surface area is 142 Å². The predicted molar refractivity (Wildman–Crippen MR) is 95.8 cm³/mol. The molecule has 1 rings (SSSR count). The summed E-state index contributed by atoms with van der Waals surface area (Å²) in [5, 5.41) is 6.69. The number of likely N-dealkylation sites (tertiary alicyclic amines) is 1. The van der Waals surface area contributed by atoms with Crippen LogP contribution in [-0.2, 0) is 4.74 Å². The Kier molecular flexibility index (Phi) is 8.34. The van der Waals surface area contributed by atoms with Crippen molar-refractivity contribution in [3.63, 3.8) is 0 Å². The van der Waals surface area contributed by atoms with Gasteiger partial charge in [0, 0.05) is 24.7 Å². The van der Waals surface area contributed by atoms with Crippen LogP contribution in [0, 0.1) is 0 Å². The van der Waals surface area contributed by atoms with Gasteiger partial charge in [0.25, 0.3) is 0 Å². The lowest BCUT2D eigenvalue weighted by Crippen LogP contribution is -2.51. The zero-order chi connectivity index (χ0) is 17.5. The van der Waals surface area contributed by atoms with E-state index in [9.17, 15) is 4.79 Å². The molecule has 0 saturated carbocycles. The van der Waals surface area contributed by atoms with Crippen molar-refractivity contribution in [3.05, 3.63) is 0 Å². The van der Waals surface area contributed by atoms with Crippen LogP contribution < -0.4 is 10.6 Å². The number of rotatable bonds is 7. The maximum atomic E-state index is 11.9. The molecule has 0 bridgehead atoms. The number of amides is 1. The number of carbonyl (C=O) groups is 1. The summed E-state index contributed by atoms with van der Waals surface area (Å²) in [5.74, 6) is 0. The topological polar surface area (TPSA) is 53.6 Å². The van der Waals surface area contributed by atoms with Crippen molar-refractivity contribution in [1.82, 2.24) is 15.5 Å². The molecule has 5 nitrogen and oxygen atoms in total. The second-order valence-electron chi connectivity index (χ2n) is 7.94. The molecule has 0 aromatic carbocycles. The van der Waals surface area contributed by atoms with Gasteiger partial charge in [0.1, 0.15) is 5.60 Å². The Balaban J connectivity index is 2.44. The number of piperidine rings is 1. The van der Waals surface area contributed by atoms with Crippen LogP contribution in [-0.4, -0.2) is 54.9 Å². The number of ether oxygens (including phenoxy) is 1. The second kappa shape index (κ2) is 9.48. The summed E-state index contributed by atoms with van der Waals surface area (Å²) in [6.45, 7) is 11.9. The molecule has 0 radical (unpaired) electrons. The van der Waals surface area contributed by atoms with Crippen molar-refractivity contribution in [3.8, 4) is 0 Å². The average molecular weight is 328 g/mol. The molecule has 0 aliphatic carbocycles. The van der Waals surface area contributed by atoms with Gasteiger partial charge < -0.3 is 20.3 Å². The number of alkyl carbamates (subject to hydrolysis) is 1. The third-order valence-electron chi connectivity index (χ3n) is 4.48. The first-order chi connectivity index (χ1) is 10.7. The molecule has 0 aromatic rings. The van der Waals surface area contributed by atoms with Crippen molar-refractivity contribution in [1.29, 1.82) is 0 Å². The number of carbonyl (C=O) groups excluding carboxylic acids is 1. The largest absolute Gasteiger partial charge is 0.444 e. The predicted octanol–water partition coefficient (Wildman–Crippen LogP) is 3.14. The SMILES string of the molecule is CCCCC(CNC(=O)OC(C)(C)C)NC1CCN(C)C(C)C1. The molecule has 1 aliphatic rings. The molecule has 1 aliphatic heterocycles. The minimum absolute atomic E-state index is 0.322. The third-order valence-corrected chi connectivity index (χ3v) is 4.48. The molecule has 0 aromatic heterocycles. The van der Waals surface area contributed by atoms with Crippen LogP contribution in [0.2, 0.25) is 0 Å². The van der Waals surface area contributed by atoms with Crippen molar-refractivity contribution in [2.45, 2.75) is 90.4 Å². The first-order valence-corrected chi connectivity index (χ1v) is 9.14. The van der Waals surface area contributed by atoms with Gasteiger partial charge in [-0.3, -0.25) is 0 Å². The quantitative estimate of drug-likeness (QED) is 0.754. The molecule has 3 atom stereocenters. The Morgan fingerprint density at radius 2 is 2.09 bits per heavy atom. The molecule has 136 valence electrons. The molecule has 2 N–H and O–H groups in total. The summed E-state index contributed by atoms with van der Waals surface area (Å²) in [4.78, 5) is 14.3. The van der Waals surface area contributed by atoms with Gasteiger partial charge in [-0.25, -0.2) is 4.79 Å². The maximum absolute atomic E-state index is 11.9. The van der Waals surface area contributed by atoms with E-state index in [-0.39, 0.29) is 6.09 Å². The smallest absolute Gasteiger partial charge is 0.407 e. The number of unbranched alkanes of at least 4 members (excludes halogenated alkanes) is 1. The number of nitrogens with zero attached hydrogens (tertiary/aromatic N) is 1. The number of hydrogen-bond acceptors (Lipinski definition) is 4. The lowest BCUT2D eigenvalue weighted by molar-refractivity contribution is 0.0519. The van der Waals surface area contributed by atoms with Crippen LogP contribution in [0.15, 0.2) is 0 Å². The summed E-state index contributed by atoms with van der Waals surface area (Å²) in [6, 6.07) is 1.48. The van der Waals surface area contributed by atoms with Gasteiger partial charge in [-0.1, -0.05) is 19.8 Å². The van der Waals surface area contributed by atoms with Gasteiger partial charge in [-0.2, -0.15) is 0 Å². The zero-order valence-electron chi connectivity index (χ0n) is 15.9. The van der Waals surface area contributed by atoms with Crippen molar-refractivity contribution < 1.29 is 9.53 Å². The summed E-state index contributed by atoms with van der Waals surface area (Å²) in [5.41, 5.74) is -0.445. The molecule has 0 spiro atoms. The highest BCUT2D eigenvalue weighted by molar-refractivity contribution is 5.67. The van der Waals surface area contributed by atoms with Gasteiger partial charge in [-0.05, 0) is 60.5 Å². The van der Waals surface area contributed by atoms with E-state index in [0.29, 0.717) is 24.7 Å². The van der Waals surface area contributed by atoms with Crippen molar-refractivity contribution in [2.24, 2.45) is 0 Å². The normalized spacial score (nSPS) is 24.3. The van der Waals surface area contributed by atoms with Crippen LogP contribution in [0.4, 0.5) is 4.79 Å². The van der Waals surface area contributed by atoms with Gasteiger partial charge in [0.15, 0.2) is 0 Å². The second-order valence-corrected chi connectivity index (χ2v) is 7.94. The van der Waals surface area contributed by atoms with E-state index >= 15 is 0 Å².